The predicted molar refractivity (Wildman–Crippen MR) is 60.1 cm³/mol. The van der Waals surface area contributed by atoms with Crippen molar-refractivity contribution in [3.63, 3.8) is 0 Å². The summed E-state index contributed by atoms with van der Waals surface area (Å²) in [7, 11) is 1.40. The van der Waals surface area contributed by atoms with Crippen LogP contribution in [0.5, 0.6) is 0 Å². The molecule has 0 aliphatic rings. The number of nitrogens with one attached hydrogen (secondary N) is 1. The van der Waals surface area contributed by atoms with E-state index in [4.69, 9.17) is 9.84 Å². The fourth-order valence-corrected chi connectivity index (χ4v) is 1.26. The molecule has 0 bridgehead atoms. The van der Waals surface area contributed by atoms with Crippen molar-refractivity contribution in [3.05, 3.63) is 0 Å². The summed E-state index contributed by atoms with van der Waals surface area (Å²) in [6, 6.07) is 0. The summed E-state index contributed by atoms with van der Waals surface area (Å²) in [5.74, 6) is -1.09. The van der Waals surface area contributed by atoms with Crippen LogP contribution in [-0.2, 0) is 14.3 Å². The van der Waals surface area contributed by atoms with E-state index in [1.807, 2.05) is 13.8 Å². The average molecular weight is 231 g/mol. The minimum Gasteiger partial charge on any atom is -0.479 e. The summed E-state index contributed by atoms with van der Waals surface area (Å²) >= 11 is 0. The smallest absolute Gasteiger partial charge is 0.331 e. The normalized spacial score (nSPS) is 16.2. The van der Waals surface area contributed by atoms with Crippen molar-refractivity contribution in [2.75, 3.05) is 13.7 Å². The lowest BCUT2D eigenvalue weighted by atomic mass is 10.0. The summed E-state index contributed by atoms with van der Waals surface area (Å²) in [6.07, 6.45) is 1.23. The number of hydrogen-bond acceptors (Lipinski definition) is 3. The standard InChI is InChI=1S/C11H21NO4/c1-5-8(2)6-9(13)12-11(3,7-16-4)10(14)15/h8H,5-7H2,1-4H3,(H,12,13)(H,14,15). The molecule has 0 aromatic rings. The van der Waals surface area contributed by atoms with Crippen LogP contribution >= 0.6 is 0 Å². The molecule has 0 spiro atoms. The quantitative estimate of drug-likeness (QED) is 0.686. The fourth-order valence-electron chi connectivity index (χ4n) is 1.26. The Balaban J connectivity index is 4.41. The van der Waals surface area contributed by atoms with Crippen LogP contribution in [-0.4, -0.2) is 36.2 Å². The zero-order valence-electron chi connectivity index (χ0n) is 10.4. The maximum absolute atomic E-state index is 11.6. The molecule has 0 heterocycles. The molecule has 0 saturated heterocycles. The van der Waals surface area contributed by atoms with Crippen LogP contribution < -0.4 is 5.32 Å². The van der Waals surface area contributed by atoms with E-state index in [9.17, 15) is 9.59 Å². The molecule has 0 aliphatic carbocycles. The summed E-state index contributed by atoms with van der Waals surface area (Å²) in [6.45, 7) is 5.33. The number of hydrogen-bond donors (Lipinski definition) is 2. The van der Waals surface area contributed by atoms with Gasteiger partial charge < -0.3 is 15.2 Å². The molecule has 0 radical (unpaired) electrons. The first-order valence-electron chi connectivity index (χ1n) is 5.39. The molecule has 2 N–H and O–H groups in total. The van der Waals surface area contributed by atoms with Crippen molar-refractivity contribution in [1.82, 2.24) is 5.32 Å². The van der Waals surface area contributed by atoms with Gasteiger partial charge in [0.2, 0.25) is 5.91 Å². The molecule has 5 nitrogen and oxygen atoms in total. The SMILES string of the molecule is CCC(C)CC(=O)NC(C)(COC)C(=O)O. The van der Waals surface area contributed by atoms with Gasteiger partial charge in [-0.3, -0.25) is 4.79 Å². The third-order valence-corrected chi connectivity index (χ3v) is 2.55. The molecule has 2 atom stereocenters. The Labute approximate surface area is 96.2 Å². The molecule has 16 heavy (non-hydrogen) atoms. The first kappa shape index (κ1) is 14.9. The van der Waals surface area contributed by atoms with E-state index < -0.39 is 11.5 Å². The van der Waals surface area contributed by atoms with Gasteiger partial charge in [0.15, 0.2) is 5.54 Å². The first-order valence-corrected chi connectivity index (χ1v) is 5.39. The Hall–Kier alpha value is -1.10. The molecule has 0 aromatic heterocycles. The van der Waals surface area contributed by atoms with E-state index in [2.05, 4.69) is 5.32 Å². The van der Waals surface area contributed by atoms with Crippen LogP contribution in [0, 0.1) is 5.92 Å². The highest BCUT2D eigenvalue weighted by Gasteiger charge is 2.34. The Morgan fingerprint density at radius 2 is 2.06 bits per heavy atom. The van der Waals surface area contributed by atoms with Crippen molar-refractivity contribution in [1.29, 1.82) is 0 Å². The highest BCUT2D eigenvalue weighted by atomic mass is 16.5. The van der Waals surface area contributed by atoms with Gasteiger partial charge in [0.25, 0.3) is 0 Å². The highest BCUT2D eigenvalue weighted by Crippen LogP contribution is 2.09. The largest absolute Gasteiger partial charge is 0.479 e. The molecule has 0 fully saturated rings. The molecule has 94 valence electrons. The third kappa shape index (κ3) is 4.61. The second-order valence-corrected chi connectivity index (χ2v) is 4.34. The lowest BCUT2D eigenvalue weighted by Crippen LogP contribution is -2.55. The number of amides is 1. The van der Waals surface area contributed by atoms with Crippen molar-refractivity contribution >= 4 is 11.9 Å². The summed E-state index contributed by atoms with van der Waals surface area (Å²) in [5.41, 5.74) is -1.35. The van der Waals surface area contributed by atoms with E-state index >= 15 is 0 Å². The number of carboxylic acid groups (broad SMARTS) is 1. The minimum absolute atomic E-state index is 0.0470. The monoisotopic (exact) mass is 231 g/mol. The Morgan fingerprint density at radius 3 is 2.44 bits per heavy atom. The van der Waals surface area contributed by atoms with Gasteiger partial charge in [-0.05, 0) is 12.8 Å². The lowest BCUT2D eigenvalue weighted by molar-refractivity contribution is -0.149. The summed E-state index contributed by atoms with van der Waals surface area (Å²) < 4.78 is 4.80. The van der Waals surface area contributed by atoms with Gasteiger partial charge in [0.05, 0.1) is 6.61 Å². The van der Waals surface area contributed by atoms with Crippen LogP contribution in [0.3, 0.4) is 0 Å². The maximum Gasteiger partial charge on any atom is 0.331 e. The van der Waals surface area contributed by atoms with Gasteiger partial charge in [-0.1, -0.05) is 20.3 Å². The number of ether oxygens (including phenoxy) is 1. The van der Waals surface area contributed by atoms with Crippen molar-refractivity contribution in [3.8, 4) is 0 Å². The summed E-state index contributed by atoms with van der Waals surface area (Å²) in [4.78, 5) is 22.6. The van der Waals surface area contributed by atoms with Crippen molar-refractivity contribution in [2.45, 2.75) is 39.2 Å². The maximum atomic E-state index is 11.6. The summed E-state index contributed by atoms with van der Waals surface area (Å²) in [5, 5.41) is 11.5. The molecule has 0 aromatic carbocycles. The van der Waals surface area contributed by atoms with Crippen LogP contribution in [0.15, 0.2) is 0 Å². The molecular formula is C11H21NO4. The van der Waals surface area contributed by atoms with Gasteiger partial charge in [0.1, 0.15) is 0 Å². The second kappa shape index (κ2) is 6.48. The molecular weight excluding hydrogens is 210 g/mol. The van der Waals surface area contributed by atoms with Crippen LogP contribution in [0.1, 0.15) is 33.6 Å². The van der Waals surface area contributed by atoms with Crippen LogP contribution in [0.4, 0.5) is 0 Å². The van der Waals surface area contributed by atoms with Gasteiger partial charge >= 0.3 is 5.97 Å². The molecule has 1 amide bonds. The van der Waals surface area contributed by atoms with Gasteiger partial charge in [-0.25, -0.2) is 4.79 Å². The van der Waals surface area contributed by atoms with Crippen molar-refractivity contribution < 1.29 is 19.4 Å². The van der Waals surface area contributed by atoms with E-state index in [1.165, 1.54) is 14.0 Å². The van der Waals surface area contributed by atoms with E-state index in [1.54, 1.807) is 0 Å². The van der Waals surface area contributed by atoms with Gasteiger partial charge in [-0.2, -0.15) is 0 Å². The number of carboxylic acids is 1. The minimum atomic E-state index is -1.35. The topological polar surface area (TPSA) is 75.6 Å². The Kier molecular flexibility index (Phi) is 6.03. The number of methoxy groups -OCH3 is 1. The Bertz CT molecular complexity index is 254. The van der Waals surface area contributed by atoms with E-state index in [-0.39, 0.29) is 18.4 Å². The lowest BCUT2D eigenvalue weighted by Gasteiger charge is -2.25. The fraction of sp³-hybridized carbons (Fsp3) is 0.818. The van der Waals surface area contributed by atoms with Gasteiger partial charge in [-0.15, -0.1) is 0 Å². The van der Waals surface area contributed by atoms with Crippen LogP contribution in [0.25, 0.3) is 0 Å². The predicted octanol–water partition coefficient (Wildman–Crippen LogP) is 1.03. The zero-order valence-corrected chi connectivity index (χ0v) is 10.4. The molecule has 2 unspecified atom stereocenters. The number of aliphatic carboxylic acids is 1. The van der Waals surface area contributed by atoms with Crippen molar-refractivity contribution in [2.24, 2.45) is 5.92 Å². The zero-order chi connectivity index (χ0) is 12.8. The number of carbonyl (C=O) groups is 2. The van der Waals surface area contributed by atoms with E-state index in [0.717, 1.165) is 6.42 Å². The third-order valence-electron chi connectivity index (χ3n) is 2.55. The Morgan fingerprint density at radius 1 is 1.50 bits per heavy atom. The highest BCUT2D eigenvalue weighted by molar-refractivity contribution is 5.86. The number of rotatable bonds is 7. The van der Waals surface area contributed by atoms with Crippen LogP contribution in [0.2, 0.25) is 0 Å². The van der Waals surface area contributed by atoms with E-state index in [0.29, 0.717) is 6.42 Å². The molecule has 0 saturated carbocycles. The number of carbonyl (C=O) groups excluding carboxylic acids is 1. The molecule has 0 aliphatic heterocycles. The molecule has 5 heteroatoms. The second-order valence-electron chi connectivity index (χ2n) is 4.34. The van der Waals surface area contributed by atoms with Gasteiger partial charge in [0, 0.05) is 13.5 Å². The first-order chi connectivity index (χ1) is 7.35. The molecule has 0 rings (SSSR count). The average Bonchev–Trinajstić information content (AvgIpc) is 2.17.